The lowest BCUT2D eigenvalue weighted by atomic mass is 10.0. The average molecular weight is 397 g/mol. The lowest BCUT2D eigenvalue weighted by Crippen LogP contribution is -2.01. The number of hydrogen-bond donors (Lipinski definition) is 0. The monoisotopic (exact) mass is 396 g/mol. The fraction of sp³-hybridized carbons (Fsp3) is 0.222. The van der Waals surface area contributed by atoms with Crippen molar-refractivity contribution in [2.24, 2.45) is 0 Å². The Morgan fingerprint density at radius 3 is 2.00 bits per heavy atom. The van der Waals surface area contributed by atoms with Crippen LogP contribution in [0, 0.1) is 0 Å². The molecule has 0 aliphatic rings. The number of unbranched alkanes of at least 4 members (excludes halogenated alkanes) is 2. The quantitative estimate of drug-likeness (QED) is 0.282. The minimum atomic E-state index is 0.695. The van der Waals surface area contributed by atoms with E-state index in [0.717, 1.165) is 43.7 Å². The molecular weight excluding hydrogens is 368 g/mol. The second-order valence-corrected chi connectivity index (χ2v) is 7.47. The van der Waals surface area contributed by atoms with Crippen LogP contribution in [0.3, 0.4) is 0 Å². The zero-order valence-corrected chi connectivity index (χ0v) is 17.3. The molecule has 0 aliphatic heterocycles. The first-order valence-electron chi connectivity index (χ1n) is 10.7. The van der Waals surface area contributed by atoms with Gasteiger partial charge in [-0.15, -0.1) is 0 Å². The van der Waals surface area contributed by atoms with Crippen molar-refractivity contribution in [2.45, 2.75) is 32.4 Å². The molecule has 1 aromatic heterocycles. The number of nitrogens with zero attached hydrogens (tertiary/aromatic N) is 2. The molecule has 0 aliphatic carbocycles. The molecule has 0 saturated heterocycles. The van der Waals surface area contributed by atoms with Gasteiger partial charge in [0.25, 0.3) is 0 Å². The van der Waals surface area contributed by atoms with Gasteiger partial charge >= 0.3 is 0 Å². The largest absolute Gasteiger partial charge is 0.377 e. The number of hydrogen-bond acceptors (Lipinski definition) is 2. The molecule has 0 radical (unpaired) electrons. The van der Waals surface area contributed by atoms with Gasteiger partial charge in [0.15, 0.2) is 0 Å². The molecule has 3 nitrogen and oxygen atoms in total. The molecule has 4 rings (SSSR count). The highest BCUT2D eigenvalue weighted by Gasteiger charge is 2.14. The van der Waals surface area contributed by atoms with Crippen molar-refractivity contribution in [3.05, 3.63) is 103 Å². The third-order valence-corrected chi connectivity index (χ3v) is 5.23. The second kappa shape index (κ2) is 10.6. The fourth-order valence-corrected chi connectivity index (χ4v) is 3.69. The number of imidazole rings is 1. The summed E-state index contributed by atoms with van der Waals surface area (Å²) in [5.41, 5.74) is 5.84. The van der Waals surface area contributed by atoms with Crippen LogP contribution >= 0.6 is 0 Å². The van der Waals surface area contributed by atoms with Gasteiger partial charge in [0.1, 0.15) is 0 Å². The van der Waals surface area contributed by atoms with Gasteiger partial charge in [-0.05, 0) is 24.8 Å². The van der Waals surface area contributed by atoms with Gasteiger partial charge in [0, 0.05) is 24.3 Å². The number of rotatable bonds is 10. The molecule has 0 spiro atoms. The third-order valence-electron chi connectivity index (χ3n) is 5.23. The average Bonchev–Trinajstić information content (AvgIpc) is 3.24. The maximum absolute atomic E-state index is 5.81. The topological polar surface area (TPSA) is 27.1 Å². The van der Waals surface area contributed by atoms with E-state index in [4.69, 9.17) is 9.72 Å². The van der Waals surface area contributed by atoms with Crippen molar-refractivity contribution in [3.8, 4) is 22.5 Å². The molecule has 0 fully saturated rings. The summed E-state index contributed by atoms with van der Waals surface area (Å²) in [6, 6.07) is 31.4. The second-order valence-electron chi connectivity index (χ2n) is 7.47. The van der Waals surface area contributed by atoms with Crippen molar-refractivity contribution in [3.63, 3.8) is 0 Å². The Kier molecular flexibility index (Phi) is 7.08. The number of ether oxygens (including phenoxy) is 1. The molecular formula is C27H28N2O. The van der Waals surface area contributed by atoms with Crippen LogP contribution in [-0.2, 0) is 17.9 Å². The molecule has 0 bridgehead atoms. The predicted molar refractivity (Wildman–Crippen MR) is 123 cm³/mol. The van der Waals surface area contributed by atoms with E-state index in [1.807, 2.05) is 18.5 Å². The number of aromatic nitrogens is 2. The van der Waals surface area contributed by atoms with Gasteiger partial charge in [-0.2, -0.15) is 0 Å². The molecule has 3 aromatic carbocycles. The smallest absolute Gasteiger partial charge is 0.0963 e. The first-order valence-corrected chi connectivity index (χ1v) is 10.7. The van der Waals surface area contributed by atoms with Crippen LogP contribution in [0.5, 0.6) is 0 Å². The fourth-order valence-electron chi connectivity index (χ4n) is 3.69. The molecule has 0 amide bonds. The van der Waals surface area contributed by atoms with E-state index in [9.17, 15) is 0 Å². The summed E-state index contributed by atoms with van der Waals surface area (Å²) in [4.78, 5) is 4.76. The van der Waals surface area contributed by atoms with Gasteiger partial charge in [0.2, 0.25) is 0 Å². The van der Waals surface area contributed by atoms with Crippen LogP contribution in [0.4, 0.5) is 0 Å². The summed E-state index contributed by atoms with van der Waals surface area (Å²) in [5, 5.41) is 0. The Bertz CT molecular complexity index is 1010. The minimum absolute atomic E-state index is 0.695. The number of benzene rings is 3. The third kappa shape index (κ3) is 5.25. The molecule has 0 atom stereocenters. The van der Waals surface area contributed by atoms with Gasteiger partial charge in [-0.3, -0.25) is 0 Å². The van der Waals surface area contributed by atoms with Crippen LogP contribution in [0.1, 0.15) is 24.8 Å². The molecule has 0 N–H and O–H groups in total. The Morgan fingerprint density at radius 1 is 0.667 bits per heavy atom. The first kappa shape index (κ1) is 20.1. The standard InChI is InChI=1S/C27H28N2O/c1-5-13-23(14-6-1)21-30-20-12-4-11-19-29-22-28-26(24-15-7-2-8-16-24)27(29)25-17-9-3-10-18-25/h1-3,5-10,13-18,22H,4,11-12,19-21H2. The lowest BCUT2D eigenvalue weighted by molar-refractivity contribution is 0.116. The molecule has 0 unspecified atom stereocenters. The van der Waals surface area contributed by atoms with Crippen LogP contribution in [0.15, 0.2) is 97.3 Å². The summed E-state index contributed by atoms with van der Waals surface area (Å²) < 4.78 is 8.10. The summed E-state index contributed by atoms with van der Waals surface area (Å²) in [5.74, 6) is 0. The van der Waals surface area contributed by atoms with Gasteiger partial charge in [-0.25, -0.2) is 4.98 Å². The Hall–Kier alpha value is -3.17. The summed E-state index contributed by atoms with van der Waals surface area (Å²) in [6.45, 7) is 2.46. The molecule has 30 heavy (non-hydrogen) atoms. The van der Waals surface area contributed by atoms with Crippen LogP contribution in [0.2, 0.25) is 0 Å². The summed E-state index contributed by atoms with van der Waals surface area (Å²) in [6.07, 6.45) is 5.31. The van der Waals surface area contributed by atoms with Gasteiger partial charge < -0.3 is 9.30 Å². The lowest BCUT2D eigenvalue weighted by Gasteiger charge is -2.11. The highest BCUT2D eigenvalue weighted by Crippen LogP contribution is 2.31. The maximum atomic E-state index is 5.81. The van der Waals surface area contributed by atoms with Crippen molar-refractivity contribution in [1.29, 1.82) is 0 Å². The highest BCUT2D eigenvalue weighted by atomic mass is 16.5. The number of aryl methyl sites for hydroxylation is 1. The van der Waals surface area contributed by atoms with Crippen molar-refractivity contribution in [1.82, 2.24) is 9.55 Å². The van der Waals surface area contributed by atoms with Crippen LogP contribution < -0.4 is 0 Å². The SMILES string of the molecule is c1ccc(COCCCCCn2cnc(-c3ccccc3)c2-c2ccccc2)cc1. The zero-order valence-electron chi connectivity index (χ0n) is 17.3. The van der Waals surface area contributed by atoms with E-state index in [1.165, 1.54) is 16.8 Å². The van der Waals surface area contributed by atoms with E-state index < -0.39 is 0 Å². The highest BCUT2D eigenvalue weighted by molar-refractivity contribution is 5.78. The van der Waals surface area contributed by atoms with E-state index in [-0.39, 0.29) is 0 Å². The van der Waals surface area contributed by atoms with E-state index in [0.29, 0.717) is 6.61 Å². The molecule has 3 heteroatoms. The Morgan fingerprint density at radius 2 is 1.30 bits per heavy atom. The van der Waals surface area contributed by atoms with E-state index >= 15 is 0 Å². The molecule has 4 aromatic rings. The van der Waals surface area contributed by atoms with Crippen molar-refractivity contribution in [2.75, 3.05) is 6.61 Å². The summed E-state index contributed by atoms with van der Waals surface area (Å²) >= 11 is 0. The predicted octanol–water partition coefficient (Wildman–Crippen LogP) is 6.60. The van der Waals surface area contributed by atoms with Gasteiger partial charge in [0.05, 0.1) is 24.3 Å². The Labute approximate surface area is 179 Å². The van der Waals surface area contributed by atoms with Crippen molar-refractivity contribution < 1.29 is 4.74 Å². The van der Waals surface area contributed by atoms with E-state index in [1.54, 1.807) is 0 Å². The Balaban J connectivity index is 1.34. The summed E-state index contributed by atoms with van der Waals surface area (Å²) in [7, 11) is 0. The van der Waals surface area contributed by atoms with Crippen LogP contribution in [-0.4, -0.2) is 16.2 Å². The van der Waals surface area contributed by atoms with Crippen molar-refractivity contribution >= 4 is 0 Å². The zero-order chi connectivity index (χ0) is 20.4. The first-order chi connectivity index (χ1) is 14.9. The molecule has 152 valence electrons. The van der Waals surface area contributed by atoms with Crippen LogP contribution in [0.25, 0.3) is 22.5 Å². The minimum Gasteiger partial charge on any atom is -0.377 e. The maximum Gasteiger partial charge on any atom is 0.0963 e. The van der Waals surface area contributed by atoms with Gasteiger partial charge in [-0.1, -0.05) is 91.0 Å². The molecule has 1 heterocycles. The van der Waals surface area contributed by atoms with E-state index in [2.05, 4.69) is 83.4 Å². The normalized spacial score (nSPS) is 10.9. The molecule has 0 saturated carbocycles.